The van der Waals surface area contributed by atoms with Crippen molar-refractivity contribution in [2.24, 2.45) is 0 Å². The summed E-state index contributed by atoms with van der Waals surface area (Å²) in [5.41, 5.74) is 1.24. The number of carbonyl (C=O) groups excluding carboxylic acids is 2. The molecule has 0 unspecified atom stereocenters. The van der Waals surface area contributed by atoms with Crippen molar-refractivity contribution in [3.05, 3.63) is 53.4 Å². The van der Waals surface area contributed by atoms with Crippen molar-refractivity contribution in [2.75, 3.05) is 0 Å². The molecule has 0 aliphatic carbocycles. The number of benzene rings is 1. The molecule has 1 aliphatic heterocycles. The third-order valence-electron chi connectivity index (χ3n) is 3.74. The van der Waals surface area contributed by atoms with E-state index in [0.717, 1.165) is 11.8 Å². The van der Waals surface area contributed by atoms with Gasteiger partial charge in [-0.25, -0.2) is 0 Å². The summed E-state index contributed by atoms with van der Waals surface area (Å²) >= 11 is 0.749. The maximum absolute atomic E-state index is 12.5. The second kappa shape index (κ2) is 6.71. The van der Waals surface area contributed by atoms with E-state index in [2.05, 4.69) is 15.0 Å². The van der Waals surface area contributed by atoms with Crippen LogP contribution in [-0.4, -0.2) is 22.5 Å². The van der Waals surface area contributed by atoms with E-state index in [4.69, 9.17) is 4.42 Å². The van der Waals surface area contributed by atoms with Crippen LogP contribution in [0.2, 0.25) is 0 Å². The van der Waals surface area contributed by atoms with Gasteiger partial charge >= 0.3 is 6.36 Å². The Labute approximate surface area is 159 Å². The van der Waals surface area contributed by atoms with Crippen molar-refractivity contribution in [1.82, 2.24) is 10.3 Å². The molecule has 0 radical (unpaired) electrons. The molecule has 28 heavy (non-hydrogen) atoms. The molecule has 1 fully saturated rings. The number of fused-ring (bicyclic) bond motifs is 1. The molecule has 1 aliphatic rings. The van der Waals surface area contributed by atoms with Gasteiger partial charge in [0.1, 0.15) is 17.1 Å². The Bertz CT molecular complexity index is 1140. The number of carbonyl (C=O) groups is 2. The number of nitrogens with zero attached hydrogens (tertiary/aromatic N) is 1. The van der Waals surface area contributed by atoms with Gasteiger partial charge in [0.2, 0.25) is 0 Å². The van der Waals surface area contributed by atoms with Gasteiger partial charge in [-0.15, -0.1) is 13.2 Å². The molecule has 1 N–H and O–H groups in total. The first-order valence-corrected chi connectivity index (χ1v) is 8.59. The molecule has 2 aromatic heterocycles. The fourth-order valence-corrected chi connectivity index (χ4v) is 3.33. The average molecular weight is 406 g/mol. The van der Waals surface area contributed by atoms with Crippen LogP contribution in [0.4, 0.5) is 18.0 Å². The summed E-state index contributed by atoms with van der Waals surface area (Å²) in [4.78, 5) is 27.2. The van der Waals surface area contributed by atoms with Crippen molar-refractivity contribution in [3.63, 3.8) is 0 Å². The lowest BCUT2D eigenvalue weighted by Gasteiger charge is -2.10. The molecule has 3 aromatic rings. The second-order valence-electron chi connectivity index (χ2n) is 5.68. The highest BCUT2D eigenvalue weighted by Crippen LogP contribution is 2.34. The van der Waals surface area contributed by atoms with Crippen molar-refractivity contribution in [3.8, 4) is 16.9 Å². The maximum atomic E-state index is 12.5. The van der Waals surface area contributed by atoms with Gasteiger partial charge in [0, 0.05) is 29.4 Å². The largest absolute Gasteiger partial charge is 0.573 e. The molecule has 3 heterocycles. The number of aromatic nitrogens is 1. The summed E-state index contributed by atoms with van der Waals surface area (Å²) in [7, 11) is 0. The van der Waals surface area contributed by atoms with Gasteiger partial charge in [-0.1, -0.05) is 12.1 Å². The Balaban J connectivity index is 1.74. The maximum Gasteiger partial charge on any atom is 0.573 e. The predicted octanol–water partition coefficient (Wildman–Crippen LogP) is 4.72. The third kappa shape index (κ3) is 3.72. The Morgan fingerprint density at radius 1 is 1.18 bits per heavy atom. The lowest BCUT2D eigenvalue weighted by molar-refractivity contribution is -0.274. The van der Waals surface area contributed by atoms with E-state index < -0.39 is 17.5 Å². The Morgan fingerprint density at radius 2 is 2.00 bits per heavy atom. The van der Waals surface area contributed by atoms with Gasteiger partial charge in [-0.2, -0.15) is 0 Å². The van der Waals surface area contributed by atoms with Crippen molar-refractivity contribution >= 4 is 40.0 Å². The van der Waals surface area contributed by atoms with E-state index in [-0.39, 0.29) is 10.7 Å². The smallest absolute Gasteiger partial charge is 0.456 e. The van der Waals surface area contributed by atoms with Crippen LogP contribution >= 0.6 is 11.8 Å². The summed E-state index contributed by atoms with van der Waals surface area (Å²) in [5.74, 6) is -0.585. The number of ether oxygens (including phenoxy) is 1. The zero-order valence-corrected chi connectivity index (χ0v) is 14.6. The van der Waals surface area contributed by atoms with Crippen LogP contribution in [-0.2, 0) is 4.79 Å². The Morgan fingerprint density at radius 3 is 2.71 bits per heavy atom. The highest BCUT2D eigenvalue weighted by Gasteiger charge is 2.31. The van der Waals surface area contributed by atoms with E-state index in [0.29, 0.717) is 27.9 Å². The zero-order chi connectivity index (χ0) is 19.9. The summed E-state index contributed by atoms with van der Waals surface area (Å²) in [5, 5.41) is 2.25. The first kappa shape index (κ1) is 18.1. The lowest BCUT2D eigenvalue weighted by atomic mass is 10.1. The molecule has 142 valence electrons. The molecule has 4 rings (SSSR count). The topological polar surface area (TPSA) is 81.4 Å². The SMILES string of the molecule is O=C1NC(=O)C(=Cc2cc3cncc(-c4cccc(OC(F)(F)F)c4)c3o2)S1. The molecule has 0 saturated carbocycles. The minimum Gasteiger partial charge on any atom is -0.456 e. The number of furan rings is 1. The summed E-state index contributed by atoms with van der Waals surface area (Å²) in [6.45, 7) is 0. The van der Waals surface area contributed by atoms with E-state index in [1.165, 1.54) is 36.7 Å². The van der Waals surface area contributed by atoms with Crippen LogP contribution in [0.25, 0.3) is 28.2 Å². The highest BCUT2D eigenvalue weighted by atomic mass is 32.2. The monoisotopic (exact) mass is 406 g/mol. The van der Waals surface area contributed by atoms with E-state index in [1.54, 1.807) is 12.1 Å². The molecule has 0 bridgehead atoms. The van der Waals surface area contributed by atoms with E-state index in [9.17, 15) is 22.8 Å². The number of amides is 2. The van der Waals surface area contributed by atoms with E-state index >= 15 is 0 Å². The van der Waals surface area contributed by atoms with Crippen LogP contribution < -0.4 is 10.1 Å². The number of alkyl halides is 3. The highest BCUT2D eigenvalue weighted by molar-refractivity contribution is 8.18. The number of thioether (sulfide) groups is 1. The molecular weight excluding hydrogens is 397 g/mol. The van der Waals surface area contributed by atoms with Gasteiger partial charge in [0.05, 0.1) is 4.91 Å². The number of hydrogen-bond donors (Lipinski definition) is 1. The summed E-state index contributed by atoms with van der Waals surface area (Å²) < 4.78 is 47.1. The average Bonchev–Trinajstić information content (AvgIpc) is 3.15. The summed E-state index contributed by atoms with van der Waals surface area (Å²) in [6, 6.07) is 7.05. The minimum absolute atomic E-state index is 0.180. The number of nitrogens with one attached hydrogen (secondary N) is 1. The first-order valence-electron chi connectivity index (χ1n) is 7.77. The number of rotatable bonds is 3. The van der Waals surface area contributed by atoms with Crippen molar-refractivity contribution in [1.29, 1.82) is 0 Å². The fraction of sp³-hybridized carbons (Fsp3) is 0.0556. The second-order valence-corrected chi connectivity index (χ2v) is 6.70. The van der Waals surface area contributed by atoms with Gasteiger partial charge in [-0.05, 0) is 35.5 Å². The van der Waals surface area contributed by atoms with Crippen LogP contribution in [0.1, 0.15) is 5.76 Å². The number of halogens is 3. The molecule has 0 atom stereocenters. The quantitative estimate of drug-likeness (QED) is 0.634. The number of hydrogen-bond acceptors (Lipinski definition) is 6. The number of pyridine rings is 1. The minimum atomic E-state index is -4.80. The predicted molar refractivity (Wildman–Crippen MR) is 95.2 cm³/mol. The molecule has 0 spiro atoms. The van der Waals surface area contributed by atoms with Crippen LogP contribution in [0.15, 0.2) is 52.0 Å². The van der Waals surface area contributed by atoms with E-state index in [1.807, 2.05) is 0 Å². The summed E-state index contributed by atoms with van der Waals surface area (Å²) in [6.07, 6.45) is -0.412. The van der Waals surface area contributed by atoms with Crippen molar-refractivity contribution < 1.29 is 31.9 Å². The van der Waals surface area contributed by atoms with Crippen LogP contribution in [0.5, 0.6) is 5.75 Å². The Hall–Kier alpha value is -3.27. The standard InChI is InChI=1S/C18H9F3N2O4S/c19-18(20,21)27-11-3-1-2-9(4-11)13-8-22-7-10-5-12(26-15(10)13)6-14-16(24)23-17(25)28-14/h1-8H,(H,23,24,25). The van der Waals surface area contributed by atoms with Gasteiger partial charge in [0.15, 0.2) is 0 Å². The normalized spacial score (nSPS) is 16.0. The molecule has 6 nitrogen and oxygen atoms in total. The molecule has 2 amide bonds. The zero-order valence-electron chi connectivity index (χ0n) is 13.7. The van der Waals surface area contributed by atoms with Gasteiger partial charge < -0.3 is 9.15 Å². The third-order valence-corrected chi connectivity index (χ3v) is 4.55. The van der Waals surface area contributed by atoms with Gasteiger partial charge in [-0.3, -0.25) is 19.9 Å². The molecule has 1 saturated heterocycles. The van der Waals surface area contributed by atoms with Gasteiger partial charge in [0.25, 0.3) is 11.1 Å². The van der Waals surface area contributed by atoms with Crippen LogP contribution in [0, 0.1) is 0 Å². The Kier molecular flexibility index (Phi) is 4.34. The van der Waals surface area contributed by atoms with Crippen molar-refractivity contribution in [2.45, 2.75) is 6.36 Å². The molecular formula is C18H9F3N2O4S. The molecule has 10 heteroatoms. The lowest BCUT2D eigenvalue weighted by Crippen LogP contribution is -2.17. The first-order chi connectivity index (χ1) is 13.3. The number of imide groups is 1. The van der Waals surface area contributed by atoms with Crippen LogP contribution in [0.3, 0.4) is 0 Å². The fourth-order valence-electron chi connectivity index (χ4n) is 2.67. The molecule has 1 aromatic carbocycles.